The van der Waals surface area contributed by atoms with Crippen molar-refractivity contribution >= 4 is 11.8 Å². The van der Waals surface area contributed by atoms with E-state index in [1.54, 1.807) is 6.92 Å². The molecule has 0 saturated carbocycles. The van der Waals surface area contributed by atoms with Crippen LogP contribution in [-0.4, -0.2) is 40.8 Å². The second kappa shape index (κ2) is 6.69. The second-order valence-electron chi connectivity index (χ2n) is 8.02. The molecule has 0 aromatic heterocycles. The van der Waals surface area contributed by atoms with Crippen molar-refractivity contribution in [3.8, 4) is 0 Å². The smallest absolute Gasteiger partial charge is 0.334 e. The van der Waals surface area contributed by atoms with Crippen LogP contribution in [0.25, 0.3) is 0 Å². The van der Waals surface area contributed by atoms with E-state index < -0.39 is 23.8 Å². The maximum absolute atomic E-state index is 12.8. The molecule has 138 valence electrons. The third-order valence-corrected chi connectivity index (χ3v) is 5.98. The van der Waals surface area contributed by atoms with Crippen LogP contribution in [0.15, 0.2) is 22.8 Å². The van der Waals surface area contributed by atoms with Gasteiger partial charge in [-0.3, -0.25) is 4.79 Å². The van der Waals surface area contributed by atoms with E-state index in [1.807, 2.05) is 13.8 Å². The summed E-state index contributed by atoms with van der Waals surface area (Å²) < 4.78 is 11.6. The Kier molecular flexibility index (Phi) is 4.91. The molecule has 3 aliphatic heterocycles. The Bertz CT molecular complexity index is 646. The number of aliphatic hydroxyl groups is 1. The fraction of sp³-hybridized carbons (Fsp3) is 0.700. The zero-order valence-corrected chi connectivity index (χ0v) is 15.5. The summed E-state index contributed by atoms with van der Waals surface area (Å²) in [5.74, 6) is -0.295. The molecule has 3 rings (SSSR count). The molecule has 5 atom stereocenters. The number of hydrogen-bond acceptors (Lipinski definition) is 5. The Hall–Kier alpha value is -1.46. The summed E-state index contributed by atoms with van der Waals surface area (Å²) in [5.41, 5.74) is 0.798. The summed E-state index contributed by atoms with van der Waals surface area (Å²) in [6.45, 7) is 7.56. The third-order valence-electron chi connectivity index (χ3n) is 5.98. The lowest BCUT2D eigenvalue weighted by Crippen LogP contribution is -2.49. The first-order valence-corrected chi connectivity index (χ1v) is 9.19. The van der Waals surface area contributed by atoms with Crippen LogP contribution in [0.4, 0.5) is 0 Å². The molecule has 3 heterocycles. The number of ketones is 1. The lowest BCUT2D eigenvalue weighted by atomic mass is 9.85. The van der Waals surface area contributed by atoms with E-state index in [9.17, 15) is 14.7 Å². The van der Waals surface area contributed by atoms with Gasteiger partial charge in [-0.05, 0) is 52.4 Å². The molecule has 0 aromatic rings. The van der Waals surface area contributed by atoms with Crippen molar-refractivity contribution in [2.24, 2.45) is 5.92 Å². The van der Waals surface area contributed by atoms with Crippen LogP contribution in [0.3, 0.4) is 0 Å². The van der Waals surface area contributed by atoms with Crippen LogP contribution in [0, 0.1) is 5.92 Å². The first-order valence-electron chi connectivity index (χ1n) is 9.19. The summed E-state index contributed by atoms with van der Waals surface area (Å²) in [4.78, 5) is 24.9. The van der Waals surface area contributed by atoms with Gasteiger partial charge in [0.1, 0.15) is 6.10 Å². The Morgan fingerprint density at radius 3 is 2.68 bits per heavy atom. The first-order chi connectivity index (χ1) is 11.7. The number of fused-ring (bicyclic) bond motifs is 3. The summed E-state index contributed by atoms with van der Waals surface area (Å²) in [6, 6.07) is 0. The standard InChI is InChI=1S/C20H28O5/c1-11-6-5-7-12(2)15-8-9-20(4,25-15)18(22)17-16(14(21)10-11)13(3)19(23)24-17/h6,12,15,17-18,22H,5,7-10H2,1-4H3/b11-6+/t12-,15-,17-,18+,20-/m0/s1. The molecule has 0 radical (unpaired) electrons. The van der Waals surface area contributed by atoms with Crippen molar-refractivity contribution in [3.63, 3.8) is 0 Å². The van der Waals surface area contributed by atoms with Gasteiger partial charge < -0.3 is 14.6 Å². The van der Waals surface area contributed by atoms with Gasteiger partial charge in [-0.2, -0.15) is 0 Å². The molecular weight excluding hydrogens is 320 g/mol. The molecular formula is C20H28O5. The Morgan fingerprint density at radius 1 is 1.24 bits per heavy atom. The lowest BCUT2D eigenvalue weighted by Gasteiger charge is -2.34. The van der Waals surface area contributed by atoms with Gasteiger partial charge in [0.25, 0.3) is 0 Å². The lowest BCUT2D eigenvalue weighted by molar-refractivity contribution is -0.165. The number of rotatable bonds is 0. The summed E-state index contributed by atoms with van der Waals surface area (Å²) in [7, 11) is 0. The monoisotopic (exact) mass is 348 g/mol. The van der Waals surface area contributed by atoms with E-state index in [4.69, 9.17) is 9.47 Å². The molecule has 0 aliphatic carbocycles. The molecule has 3 aliphatic rings. The molecule has 1 N–H and O–H groups in total. The molecule has 0 unspecified atom stereocenters. The topological polar surface area (TPSA) is 72.8 Å². The number of hydrogen-bond donors (Lipinski definition) is 1. The van der Waals surface area contributed by atoms with Crippen LogP contribution in [-0.2, 0) is 19.1 Å². The Labute approximate surface area is 149 Å². The van der Waals surface area contributed by atoms with Gasteiger partial charge in [0.2, 0.25) is 0 Å². The number of Topliss-reactive ketones (excluding diaryl/α,β-unsaturated/α-hetero) is 1. The highest BCUT2D eigenvalue weighted by Crippen LogP contribution is 2.41. The summed E-state index contributed by atoms with van der Waals surface area (Å²) >= 11 is 0. The minimum Gasteiger partial charge on any atom is -0.451 e. The summed E-state index contributed by atoms with van der Waals surface area (Å²) in [5, 5.41) is 11.0. The fourth-order valence-corrected chi connectivity index (χ4v) is 4.21. The van der Waals surface area contributed by atoms with Crippen molar-refractivity contribution in [1.82, 2.24) is 0 Å². The van der Waals surface area contributed by atoms with Crippen molar-refractivity contribution in [1.29, 1.82) is 0 Å². The minimum atomic E-state index is -1.05. The van der Waals surface area contributed by atoms with Crippen LogP contribution in [0.2, 0.25) is 0 Å². The van der Waals surface area contributed by atoms with E-state index in [1.165, 1.54) is 0 Å². The molecule has 0 spiro atoms. The van der Waals surface area contributed by atoms with Gasteiger partial charge in [0.15, 0.2) is 11.9 Å². The predicted octanol–water partition coefficient (Wildman–Crippen LogP) is 2.86. The van der Waals surface area contributed by atoms with Crippen molar-refractivity contribution in [2.75, 3.05) is 0 Å². The number of carbonyl (C=O) groups excluding carboxylic acids is 2. The second-order valence-corrected chi connectivity index (χ2v) is 8.02. The average Bonchev–Trinajstić information content (AvgIpc) is 3.08. The maximum atomic E-state index is 12.8. The normalized spacial score (nSPS) is 42.0. The van der Waals surface area contributed by atoms with Gasteiger partial charge in [-0.15, -0.1) is 0 Å². The Balaban J connectivity index is 1.99. The van der Waals surface area contributed by atoms with Gasteiger partial charge in [-0.1, -0.05) is 18.6 Å². The third kappa shape index (κ3) is 3.32. The maximum Gasteiger partial charge on any atom is 0.334 e. The molecule has 5 heteroatoms. The van der Waals surface area contributed by atoms with Crippen molar-refractivity contribution < 1.29 is 24.2 Å². The van der Waals surface area contributed by atoms with Crippen LogP contribution in [0.5, 0.6) is 0 Å². The quantitative estimate of drug-likeness (QED) is 0.538. The highest BCUT2D eigenvalue weighted by atomic mass is 16.6. The SMILES string of the molecule is CC1=C2C(=O)C/C(C)=C/CC[C@H](C)[C@@H]3CC[C@](C)(O3)[C@H](O)[C@H]2OC1=O. The van der Waals surface area contributed by atoms with E-state index in [-0.39, 0.29) is 18.3 Å². The number of aliphatic hydroxyl groups excluding tert-OH is 1. The molecule has 5 nitrogen and oxygen atoms in total. The first kappa shape index (κ1) is 18.3. The van der Waals surface area contributed by atoms with Gasteiger partial charge in [0.05, 0.1) is 11.7 Å². The zero-order chi connectivity index (χ0) is 18.4. The number of esters is 1. The molecule has 1 saturated heterocycles. The van der Waals surface area contributed by atoms with E-state index >= 15 is 0 Å². The van der Waals surface area contributed by atoms with Gasteiger partial charge >= 0.3 is 5.97 Å². The van der Waals surface area contributed by atoms with Gasteiger partial charge in [0, 0.05) is 17.6 Å². The predicted molar refractivity (Wildman–Crippen MR) is 92.9 cm³/mol. The largest absolute Gasteiger partial charge is 0.451 e. The number of allylic oxidation sites excluding steroid dienone is 2. The van der Waals surface area contributed by atoms with Crippen molar-refractivity contribution in [3.05, 3.63) is 22.8 Å². The van der Waals surface area contributed by atoms with Crippen LogP contribution >= 0.6 is 0 Å². The fourth-order valence-electron chi connectivity index (χ4n) is 4.21. The molecule has 1 fully saturated rings. The molecule has 0 amide bonds. The number of carbonyl (C=O) groups is 2. The van der Waals surface area contributed by atoms with E-state index in [0.717, 1.165) is 24.8 Å². The zero-order valence-electron chi connectivity index (χ0n) is 15.5. The minimum absolute atomic E-state index is 0.0791. The highest BCUT2D eigenvalue weighted by Gasteiger charge is 2.51. The summed E-state index contributed by atoms with van der Waals surface area (Å²) in [6.07, 6.45) is 3.88. The van der Waals surface area contributed by atoms with E-state index in [2.05, 4.69) is 13.0 Å². The van der Waals surface area contributed by atoms with E-state index in [0.29, 0.717) is 23.5 Å². The molecule has 2 bridgehead atoms. The van der Waals surface area contributed by atoms with Gasteiger partial charge in [-0.25, -0.2) is 4.79 Å². The van der Waals surface area contributed by atoms with Crippen molar-refractivity contribution in [2.45, 2.75) is 83.7 Å². The highest BCUT2D eigenvalue weighted by molar-refractivity contribution is 6.07. The van der Waals surface area contributed by atoms with Crippen LogP contribution < -0.4 is 0 Å². The van der Waals surface area contributed by atoms with Crippen LogP contribution in [0.1, 0.15) is 59.8 Å². The number of ether oxygens (including phenoxy) is 2. The molecule has 0 aromatic carbocycles. The average molecular weight is 348 g/mol. The molecule has 25 heavy (non-hydrogen) atoms. The Morgan fingerprint density at radius 2 is 1.96 bits per heavy atom.